The van der Waals surface area contributed by atoms with Crippen LogP contribution < -0.4 is 11.1 Å². The lowest BCUT2D eigenvalue weighted by molar-refractivity contribution is 0.00163. The number of aryl methyl sites for hydroxylation is 1. The minimum Gasteiger partial charge on any atom is -0.370 e. The summed E-state index contributed by atoms with van der Waals surface area (Å²) in [5.41, 5.74) is 8.63. The fourth-order valence-corrected chi connectivity index (χ4v) is 5.71. The summed E-state index contributed by atoms with van der Waals surface area (Å²) in [6.07, 6.45) is 8.06. The number of halogens is 1. The molecule has 3 N–H and O–H groups in total. The Morgan fingerprint density at radius 1 is 1.18 bits per heavy atom. The van der Waals surface area contributed by atoms with Crippen LogP contribution in [0.2, 0.25) is 0 Å². The molecule has 0 atom stereocenters. The van der Waals surface area contributed by atoms with Crippen molar-refractivity contribution in [2.24, 2.45) is 28.5 Å². The molecule has 0 aromatic heterocycles. The molecule has 0 amide bonds. The molecule has 0 heterocycles. The average Bonchev–Trinajstić information content (AvgIpc) is 2.40. The van der Waals surface area contributed by atoms with E-state index < -0.39 is 0 Å². The van der Waals surface area contributed by atoms with Crippen molar-refractivity contribution in [2.75, 3.05) is 5.32 Å². The van der Waals surface area contributed by atoms with E-state index in [1.807, 2.05) is 6.07 Å². The highest BCUT2D eigenvalue weighted by atomic mass is 79.9. The number of nitrogens with two attached hydrogens (primary N) is 1. The Hall–Kier alpha value is -1.03. The number of benzene rings is 1. The standard InChI is InChI=1S/C18H24BrN3/c1-11-2-3-15(19)7-16(11)21-17(20)22-18-8-12-4-13(9-18)6-14(5-12)10-18/h2-3,7,12-14H,4-6,8-10H2,1H3,(H3,20,21,22). The number of nitrogens with one attached hydrogen (secondary N) is 1. The van der Waals surface area contributed by atoms with Crippen LogP contribution >= 0.6 is 15.9 Å². The van der Waals surface area contributed by atoms with E-state index in [9.17, 15) is 0 Å². The van der Waals surface area contributed by atoms with E-state index in [0.29, 0.717) is 5.96 Å². The molecule has 0 unspecified atom stereocenters. The van der Waals surface area contributed by atoms with Crippen LogP contribution in [0.3, 0.4) is 0 Å². The second-order valence-corrected chi connectivity index (χ2v) is 8.64. The first-order valence-corrected chi connectivity index (χ1v) is 9.19. The van der Waals surface area contributed by atoms with Gasteiger partial charge >= 0.3 is 0 Å². The predicted molar refractivity (Wildman–Crippen MR) is 95.0 cm³/mol. The monoisotopic (exact) mass is 361 g/mol. The SMILES string of the molecule is Cc1ccc(Br)cc1NC(N)=NC12CC3CC(CC(C3)C1)C2. The molecule has 0 radical (unpaired) electrons. The Bertz CT molecular complexity index is 587. The van der Waals surface area contributed by atoms with Gasteiger partial charge in [0.15, 0.2) is 5.96 Å². The maximum Gasteiger partial charge on any atom is 0.193 e. The van der Waals surface area contributed by atoms with Crippen LogP contribution in [0.25, 0.3) is 0 Å². The largest absolute Gasteiger partial charge is 0.370 e. The average molecular weight is 362 g/mol. The molecule has 4 aliphatic rings. The number of anilines is 1. The van der Waals surface area contributed by atoms with Crippen LogP contribution in [0.5, 0.6) is 0 Å². The third kappa shape index (κ3) is 2.66. The highest BCUT2D eigenvalue weighted by Gasteiger charge is 2.51. The van der Waals surface area contributed by atoms with Crippen LogP contribution in [0, 0.1) is 24.7 Å². The molecule has 4 fully saturated rings. The first-order chi connectivity index (χ1) is 10.5. The highest BCUT2D eigenvalue weighted by molar-refractivity contribution is 9.10. The van der Waals surface area contributed by atoms with Gasteiger partial charge in [0.05, 0.1) is 5.54 Å². The molecule has 4 saturated carbocycles. The molecule has 5 rings (SSSR count). The van der Waals surface area contributed by atoms with Gasteiger partial charge in [0.25, 0.3) is 0 Å². The van der Waals surface area contributed by atoms with Crippen LogP contribution in [-0.4, -0.2) is 11.5 Å². The molecule has 0 spiro atoms. The molecule has 4 aliphatic carbocycles. The van der Waals surface area contributed by atoms with Gasteiger partial charge in [-0.2, -0.15) is 0 Å². The van der Waals surface area contributed by atoms with Crippen molar-refractivity contribution in [3.63, 3.8) is 0 Å². The molecule has 1 aromatic carbocycles. The molecular formula is C18H24BrN3. The third-order valence-corrected chi connectivity index (χ3v) is 6.32. The summed E-state index contributed by atoms with van der Waals surface area (Å²) < 4.78 is 1.06. The molecule has 4 heteroatoms. The quantitative estimate of drug-likeness (QED) is 0.603. The number of hydrogen-bond donors (Lipinski definition) is 2. The van der Waals surface area contributed by atoms with Crippen LogP contribution in [0.15, 0.2) is 27.7 Å². The van der Waals surface area contributed by atoms with Gasteiger partial charge in [0, 0.05) is 10.2 Å². The zero-order chi connectivity index (χ0) is 15.3. The summed E-state index contributed by atoms with van der Waals surface area (Å²) in [6.45, 7) is 2.09. The fraction of sp³-hybridized carbons (Fsp3) is 0.611. The zero-order valence-corrected chi connectivity index (χ0v) is 14.7. The van der Waals surface area contributed by atoms with Gasteiger partial charge in [-0.05, 0) is 80.9 Å². The van der Waals surface area contributed by atoms with Gasteiger partial charge < -0.3 is 11.1 Å². The van der Waals surface area contributed by atoms with E-state index in [2.05, 4.69) is 40.3 Å². The van der Waals surface area contributed by atoms with Gasteiger partial charge in [0.1, 0.15) is 0 Å². The third-order valence-electron chi connectivity index (χ3n) is 5.83. The number of hydrogen-bond acceptors (Lipinski definition) is 1. The van der Waals surface area contributed by atoms with Crippen molar-refractivity contribution in [3.05, 3.63) is 28.2 Å². The summed E-state index contributed by atoms with van der Waals surface area (Å²) in [4.78, 5) is 5.00. The topological polar surface area (TPSA) is 50.4 Å². The summed E-state index contributed by atoms with van der Waals surface area (Å²) >= 11 is 3.52. The molecule has 22 heavy (non-hydrogen) atoms. The molecule has 0 saturated heterocycles. The summed E-state index contributed by atoms with van der Waals surface area (Å²) in [6, 6.07) is 6.20. The minimum atomic E-state index is 0.131. The zero-order valence-electron chi connectivity index (χ0n) is 13.1. The van der Waals surface area contributed by atoms with E-state index in [4.69, 9.17) is 10.7 Å². The van der Waals surface area contributed by atoms with Crippen molar-refractivity contribution in [3.8, 4) is 0 Å². The first-order valence-electron chi connectivity index (χ1n) is 8.40. The lowest BCUT2D eigenvalue weighted by atomic mass is 9.53. The summed E-state index contributed by atoms with van der Waals surface area (Å²) in [5.74, 6) is 3.28. The van der Waals surface area contributed by atoms with Gasteiger partial charge in [-0.25, -0.2) is 4.99 Å². The van der Waals surface area contributed by atoms with Crippen molar-refractivity contribution < 1.29 is 0 Å². The number of nitrogens with zero attached hydrogens (tertiary/aromatic N) is 1. The van der Waals surface area contributed by atoms with Crippen LogP contribution in [0.4, 0.5) is 5.69 Å². The second-order valence-electron chi connectivity index (χ2n) is 7.72. The van der Waals surface area contributed by atoms with Gasteiger partial charge in [-0.1, -0.05) is 22.0 Å². The van der Waals surface area contributed by atoms with E-state index in [0.717, 1.165) is 27.9 Å². The Balaban J connectivity index is 1.56. The van der Waals surface area contributed by atoms with Crippen LogP contribution in [-0.2, 0) is 0 Å². The Labute approximate surface area is 140 Å². The fourth-order valence-electron chi connectivity index (χ4n) is 5.35. The lowest BCUT2D eigenvalue weighted by Gasteiger charge is -2.54. The maximum atomic E-state index is 6.27. The Morgan fingerprint density at radius 3 is 2.36 bits per heavy atom. The van der Waals surface area contributed by atoms with Crippen LogP contribution in [0.1, 0.15) is 44.1 Å². The molecule has 118 valence electrons. The number of rotatable bonds is 2. The van der Waals surface area contributed by atoms with Gasteiger partial charge in [0.2, 0.25) is 0 Å². The molecule has 3 nitrogen and oxygen atoms in total. The molecule has 1 aromatic rings. The lowest BCUT2D eigenvalue weighted by Crippen LogP contribution is -2.50. The number of aliphatic imine (C=N–C) groups is 1. The Morgan fingerprint density at radius 2 is 1.77 bits per heavy atom. The van der Waals surface area contributed by atoms with E-state index >= 15 is 0 Å². The first kappa shape index (κ1) is 14.6. The van der Waals surface area contributed by atoms with E-state index in [-0.39, 0.29) is 5.54 Å². The van der Waals surface area contributed by atoms with Crippen molar-refractivity contribution >= 4 is 27.6 Å². The highest BCUT2D eigenvalue weighted by Crippen LogP contribution is 2.57. The van der Waals surface area contributed by atoms with E-state index in [1.54, 1.807) is 0 Å². The molecule has 0 aliphatic heterocycles. The minimum absolute atomic E-state index is 0.131. The molecular weight excluding hydrogens is 338 g/mol. The van der Waals surface area contributed by atoms with Gasteiger partial charge in [-0.3, -0.25) is 0 Å². The van der Waals surface area contributed by atoms with Crippen molar-refractivity contribution in [1.82, 2.24) is 0 Å². The smallest absolute Gasteiger partial charge is 0.193 e. The van der Waals surface area contributed by atoms with E-state index in [1.165, 1.54) is 44.1 Å². The second kappa shape index (κ2) is 5.26. The number of guanidine groups is 1. The van der Waals surface area contributed by atoms with Crippen molar-refractivity contribution in [1.29, 1.82) is 0 Å². The predicted octanol–water partition coefficient (Wildman–Crippen LogP) is 4.45. The normalized spacial score (nSPS) is 36.6. The van der Waals surface area contributed by atoms with Crippen molar-refractivity contribution in [2.45, 2.75) is 51.0 Å². The Kier molecular flexibility index (Phi) is 3.48. The summed E-state index contributed by atoms with van der Waals surface area (Å²) in [7, 11) is 0. The van der Waals surface area contributed by atoms with Gasteiger partial charge in [-0.15, -0.1) is 0 Å². The maximum absolute atomic E-state index is 6.27. The summed E-state index contributed by atoms with van der Waals surface area (Å²) in [5, 5.41) is 3.32. The molecule has 4 bridgehead atoms.